The van der Waals surface area contributed by atoms with E-state index in [4.69, 9.17) is 4.74 Å². The highest BCUT2D eigenvalue weighted by molar-refractivity contribution is 6.35. The van der Waals surface area contributed by atoms with E-state index in [1.54, 1.807) is 31.5 Å². The van der Waals surface area contributed by atoms with Gasteiger partial charge in [0, 0.05) is 12.7 Å². The maximum Gasteiger partial charge on any atom is 0.309 e. The number of aromatic nitrogens is 1. The first-order chi connectivity index (χ1) is 10.7. The summed E-state index contributed by atoms with van der Waals surface area (Å²) in [4.78, 5) is 27.5. The number of nitrogens with zero attached hydrogens (tertiary/aromatic N) is 1. The van der Waals surface area contributed by atoms with Crippen LogP contribution in [0.15, 0.2) is 48.7 Å². The van der Waals surface area contributed by atoms with Crippen molar-refractivity contribution in [2.45, 2.75) is 13.1 Å². The summed E-state index contributed by atoms with van der Waals surface area (Å²) < 4.78 is 5.10. The van der Waals surface area contributed by atoms with Gasteiger partial charge in [0.05, 0.1) is 19.3 Å². The molecule has 22 heavy (non-hydrogen) atoms. The Morgan fingerprint density at radius 2 is 1.82 bits per heavy atom. The van der Waals surface area contributed by atoms with E-state index in [2.05, 4.69) is 15.6 Å². The Balaban J connectivity index is 1.80. The number of carbonyl (C=O) groups excluding carboxylic acids is 2. The van der Waals surface area contributed by atoms with Crippen LogP contribution in [-0.2, 0) is 22.7 Å². The molecule has 6 heteroatoms. The van der Waals surface area contributed by atoms with E-state index >= 15 is 0 Å². The third-order valence-corrected chi connectivity index (χ3v) is 2.95. The summed E-state index contributed by atoms with van der Waals surface area (Å²) in [5, 5.41) is 5.08. The van der Waals surface area contributed by atoms with Crippen LogP contribution in [0.2, 0.25) is 0 Å². The number of nitrogens with one attached hydrogen (secondary N) is 2. The highest BCUT2D eigenvalue weighted by atomic mass is 16.5. The fourth-order valence-electron chi connectivity index (χ4n) is 1.80. The smallest absolute Gasteiger partial charge is 0.309 e. The number of hydrogen-bond donors (Lipinski definition) is 2. The van der Waals surface area contributed by atoms with E-state index in [0.717, 1.165) is 5.56 Å². The molecule has 1 aromatic carbocycles. The van der Waals surface area contributed by atoms with Gasteiger partial charge in [-0.25, -0.2) is 0 Å². The number of carbonyl (C=O) groups is 2. The maximum atomic E-state index is 11.7. The standard InChI is InChI=1S/C16H17N3O3/c1-22-14-7-4-5-12(9-14)10-18-15(20)16(21)19-11-13-6-2-3-8-17-13/h2-9H,10-11H2,1H3,(H,18,20)(H,19,21). The Bertz CT molecular complexity index is 644. The van der Waals surface area contributed by atoms with Crippen molar-refractivity contribution in [3.05, 3.63) is 59.9 Å². The van der Waals surface area contributed by atoms with Gasteiger partial charge in [0.15, 0.2) is 0 Å². The number of pyridine rings is 1. The average molecular weight is 299 g/mol. The molecular formula is C16H17N3O3. The minimum absolute atomic E-state index is 0.215. The van der Waals surface area contributed by atoms with E-state index in [9.17, 15) is 9.59 Å². The molecule has 0 radical (unpaired) electrons. The quantitative estimate of drug-likeness (QED) is 0.808. The molecule has 0 saturated carbocycles. The molecule has 0 spiro atoms. The lowest BCUT2D eigenvalue weighted by Gasteiger charge is -2.07. The lowest BCUT2D eigenvalue weighted by molar-refractivity contribution is -0.139. The highest BCUT2D eigenvalue weighted by Gasteiger charge is 2.12. The third-order valence-electron chi connectivity index (χ3n) is 2.95. The topological polar surface area (TPSA) is 80.3 Å². The van der Waals surface area contributed by atoms with Crippen LogP contribution in [0.4, 0.5) is 0 Å². The molecule has 2 amide bonds. The summed E-state index contributed by atoms with van der Waals surface area (Å²) >= 11 is 0. The predicted molar refractivity (Wildman–Crippen MR) is 80.9 cm³/mol. The van der Waals surface area contributed by atoms with Gasteiger partial charge in [-0.2, -0.15) is 0 Å². The van der Waals surface area contributed by atoms with Crippen LogP contribution < -0.4 is 15.4 Å². The van der Waals surface area contributed by atoms with E-state index < -0.39 is 11.8 Å². The summed E-state index contributed by atoms with van der Waals surface area (Å²) in [5.74, 6) is -0.668. The molecule has 0 aliphatic rings. The first-order valence-corrected chi connectivity index (χ1v) is 6.78. The Kier molecular flexibility index (Phi) is 5.48. The van der Waals surface area contributed by atoms with Crippen molar-refractivity contribution < 1.29 is 14.3 Å². The van der Waals surface area contributed by atoms with Gasteiger partial charge in [-0.1, -0.05) is 18.2 Å². The highest BCUT2D eigenvalue weighted by Crippen LogP contribution is 2.11. The van der Waals surface area contributed by atoms with Crippen LogP contribution in [0.1, 0.15) is 11.3 Å². The molecule has 0 unspecified atom stereocenters. The first-order valence-electron chi connectivity index (χ1n) is 6.78. The van der Waals surface area contributed by atoms with Crippen LogP contribution in [0.3, 0.4) is 0 Å². The Morgan fingerprint density at radius 3 is 2.50 bits per heavy atom. The molecule has 0 saturated heterocycles. The Hall–Kier alpha value is -2.89. The van der Waals surface area contributed by atoms with Crippen molar-refractivity contribution in [1.29, 1.82) is 0 Å². The second-order valence-electron chi connectivity index (χ2n) is 4.54. The third kappa shape index (κ3) is 4.59. The van der Waals surface area contributed by atoms with Crippen LogP contribution >= 0.6 is 0 Å². The molecular weight excluding hydrogens is 282 g/mol. The van der Waals surface area contributed by atoms with Gasteiger partial charge in [-0.15, -0.1) is 0 Å². The van der Waals surface area contributed by atoms with Crippen LogP contribution in [0.25, 0.3) is 0 Å². The molecule has 0 bridgehead atoms. The molecule has 0 atom stereocenters. The second kappa shape index (κ2) is 7.78. The van der Waals surface area contributed by atoms with Crippen molar-refractivity contribution in [3.8, 4) is 5.75 Å². The SMILES string of the molecule is COc1cccc(CNC(=O)C(=O)NCc2ccccn2)c1. The van der Waals surface area contributed by atoms with Crippen LogP contribution in [-0.4, -0.2) is 23.9 Å². The van der Waals surface area contributed by atoms with Crippen LogP contribution in [0, 0.1) is 0 Å². The van der Waals surface area contributed by atoms with Crippen molar-refractivity contribution in [2.75, 3.05) is 7.11 Å². The van der Waals surface area contributed by atoms with Crippen molar-refractivity contribution in [3.63, 3.8) is 0 Å². The molecule has 2 aromatic rings. The van der Waals surface area contributed by atoms with E-state index in [-0.39, 0.29) is 13.1 Å². The van der Waals surface area contributed by atoms with E-state index in [1.807, 2.05) is 24.3 Å². The zero-order chi connectivity index (χ0) is 15.8. The van der Waals surface area contributed by atoms with Crippen LogP contribution in [0.5, 0.6) is 5.75 Å². The fourth-order valence-corrected chi connectivity index (χ4v) is 1.80. The number of ether oxygens (including phenoxy) is 1. The summed E-state index contributed by atoms with van der Waals surface area (Å²) in [6.07, 6.45) is 1.63. The van der Waals surface area contributed by atoms with Crippen molar-refractivity contribution >= 4 is 11.8 Å². The first kappa shape index (κ1) is 15.5. The number of methoxy groups -OCH3 is 1. The van der Waals surface area contributed by atoms with Gasteiger partial charge >= 0.3 is 11.8 Å². The summed E-state index contributed by atoms with van der Waals surface area (Å²) in [7, 11) is 1.57. The van der Waals surface area contributed by atoms with Gasteiger partial charge < -0.3 is 15.4 Å². The minimum Gasteiger partial charge on any atom is -0.497 e. The minimum atomic E-state index is -0.687. The molecule has 2 rings (SSSR count). The normalized spacial score (nSPS) is 9.86. The molecule has 6 nitrogen and oxygen atoms in total. The van der Waals surface area contributed by atoms with Crippen molar-refractivity contribution in [2.24, 2.45) is 0 Å². The van der Waals surface area contributed by atoms with Gasteiger partial charge in [-0.05, 0) is 29.8 Å². The summed E-state index contributed by atoms with van der Waals surface area (Å²) in [6.45, 7) is 0.472. The molecule has 1 heterocycles. The van der Waals surface area contributed by atoms with Gasteiger partial charge in [0.1, 0.15) is 5.75 Å². The number of amides is 2. The lowest BCUT2D eigenvalue weighted by atomic mass is 10.2. The second-order valence-corrected chi connectivity index (χ2v) is 4.54. The Labute approximate surface area is 128 Å². The zero-order valence-corrected chi connectivity index (χ0v) is 12.2. The number of benzene rings is 1. The number of hydrogen-bond acceptors (Lipinski definition) is 4. The zero-order valence-electron chi connectivity index (χ0n) is 12.2. The maximum absolute atomic E-state index is 11.7. The molecule has 114 valence electrons. The van der Waals surface area contributed by atoms with Crippen molar-refractivity contribution in [1.82, 2.24) is 15.6 Å². The predicted octanol–water partition coefficient (Wildman–Crippen LogP) is 1.02. The average Bonchev–Trinajstić information content (AvgIpc) is 2.58. The van der Waals surface area contributed by atoms with E-state index in [1.165, 1.54) is 0 Å². The monoisotopic (exact) mass is 299 g/mol. The molecule has 0 aliphatic heterocycles. The fraction of sp³-hybridized carbons (Fsp3) is 0.188. The van der Waals surface area contributed by atoms with E-state index in [0.29, 0.717) is 11.4 Å². The van der Waals surface area contributed by atoms with Gasteiger partial charge in [-0.3, -0.25) is 14.6 Å². The van der Waals surface area contributed by atoms with Gasteiger partial charge in [0.25, 0.3) is 0 Å². The number of rotatable bonds is 5. The molecule has 0 aliphatic carbocycles. The van der Waals surface area contributed by atoms with Gasteiger partial charge in [0.2, 0.25) is 0 Å². The Morgan fingerprint density at radius 1 is 1.05 bits per heavy atom. The summed E-state index contributed by atoms with van der Waals surface area (Å²) in [5.41, 5.74) is 1.54. The lowest BCUT2D eigenvalue weighted by Crippen LogP contribution is -2.39. The molecule has 0 fully saturated rings. The molecule has 2 N–H and O–H groups in total. The summed E-state index contributed by atoms with van der Waals surface area (Å²) in [6, 6.07) is 12.6. The molecule has 1 aromatic heterocycles. The largest absolute Gasteiger partial charge is 0.497 e.